The van der Waals surface area contributed by atoms with Crippen molar-refractivity contribution in [2.75, 3.05) is 13.1 Å². The summed E-state index contributed by atoms with van der Waals surface area (Å²) in [5.74, 6) is 1.94. The van der Waals surface area contributed by atoms with Gasteiger partial charge in [-0.3, -0.25) is 9.69 Å². The fourth-order valence-corrected chi connectivity index (χ4v) is 3.68. The van der Waals surface area contributed by atoms with Crippen LogP contribution < -0.4 is 5.32 Å². The first-order valence-electron chi connectivity index (χ1n) is 9.72. The monoisotopic (exact) mass is 353 g/mol. The highest BCUT2D eigenvalue weighted by Crippen LogP contribution is 2.40. The van der Waals surface area contributed by atoms with Crippen LogP contribution in [0.1, 0.15) is 65.9 Å². The number of likely N-dealkylation sites (tertiary alicyclic amines) is 1. The SMILES string of the molecule is CC1CCCN(Cc2ccc(CNC(=O)c3cc(C4CC4)on3)cc2)C1. The number of benzene rings is 1. The Morgan fingerprint density at radius 1 is 1.23 bits per heavy atom. The molecule has 1 saturated heterocycles. The van der Waals surface area contributed by atoms with Gasteiger partial charge in [-0.2, -0.15) is 0 Å². The summed E-state index contributed by atoms with van der Waals surface area (Å²) in [6.07, 6.45) is 4.93. The van der Waals surface area contributed by atoms with E-state index < -0.39 is 0 Å². The van der Waals surface area contributed by atoms with Crippen molar-refractivity contribution in [1.29, 1.82) is 0 Å². The summed E-state index contributed by atoms with van der Waals surface area (Å²) < 4.78 is 5.24. The number of carbonyl (C=O) groups is 1. The smallest absolute Gasteiger partial charge is 0.273 e. The number of carbonyl (C=O) groups excluding carboxylic acids is 1. The van der Waals surface area contributed by atoms with Gasteiger partial charge in [-0.25, -0.2) is 0 Å². The lowest BCUT2D eigenvalue weighted by Crippen LogP contribution is -2.33. The van der Waals surface area contributed by atoms with Gasteiger partial charge in [0.1, 0.15) is 5.76 Å². The Morgan fingerprint density at radius 2 is 2.00 bits per heavy atom. The minimum absolute atomic E-state index is 0.174. The molecular formula is C21H27N3O2. The molecule has 1 unspecified atom stereocenters. The average Bonchev–Trinajstić information content (AvgIpc) is 3.38. The van der Waals surface area contributed by atoms with Gasteiger partial charge in [0.2, 0.25) is 0 Å². The number of nitrogens with one attached hydrogen (secondary N) is 1. The highest BCUT2D eigenvalue weighted by molar-refractivity contribution is 5.92. The van der Waals surface area contributed by atoms with Crippen LogP contribution in [0.3, 0.4) is 0 Å². The third-order valence-corrected chi connectivity index (χ3v) is 5.36. The van der Waals surface area contributed by atoms with Gasteiger partial charge in [-0.1, -0.05) is 36.3 Å². The van der Waals surface area contributed by atoms with Gasteiger partial charge in [0, 0.05) is 31.6 Å². The minimum Gasteiger partial charge on any atom is -0.360 e. The highest BCUT2D eigenvalue weighted by Gasteiger charge is 2.28. The maximum Gasteiger partial charge on any atom is 0.273 e. The fourth-order valence-electron chi connectivity index (χ4n) is 3.68. The van der Waals surface area contributed by atoms with Crippen LogP contribution >= 0.6 is 0 Å². The molecule has 1 aromatic carbocycles. The molecule has 0 bridgehead atoms. The van der Waals surface area contributed by atoms with E-state index in [0.717, 1.165) is 36.6 Å². The molecular weight excluding hydrogens is 326 g/mol. The molecule has 0 spiro atoms. The van der Waals surface area contributed by atoms with E-state index in [1.54, 1.807) is 6.07 Å². The van der Waals surface area contributed by atoms with Crippen molar-refractivity contribution in [2.24, 2.45) is 5.92 Å². The van der Waals surface area contributed by atoms with Crippen LogP contribution in [-0.2, 0) is 13.1 Å². The third kappa shape index (κ3) is 4.33. The van der Waals surface area contributed by atoms with Crippen molar-refractivity contribution in [3.8, 4) is 0 Å². The molecule has 2 aromatic rings. The largest absolute Gasteiger partial charge is 0.360 e. The van der Waals surface area contributed by atoms with Gasteiger partial charge >= 0.3 is 0 Å². The van der Waals surface area contributed by atoms with Crippen molar-refractivity contribution in [2.45, 2.75) is 51.6 Å². The second kappa shape index (κ2) is 7.62. The molecule has 2 aliphatic rings. The molecule has 2 heterocycles. The number of amides is 1. The Kier molecular flexibility index (Phi) is 5.07. The zero-order valence-electron chi connectivity index (χ0n) is 15.4. The van der Waals surface area contributed by atoms with Crippen LogP contribution in [0.4, 0.5) is 0 Å². The van der Waals surface area contributed by atoms with E-state index in [4.69, 9.17) is 4.52 Å². The summed E-state index contributed by atoms with van der Waals surface area (Å²) >= 11 is 0. The van der Waals surface area contributed by atoms with E-state index in [2.05, 4.69) is 46.6 Å². The van der Waals surface area contributed by atoms with Gasteiger partial charge in [0.25, 0.3) is 5.91 Å². The van der Waals surface area contributed by atoms with Crippen LogP contribution in [0.5, 0.6) is 0 Å². The predicted molar refractivity (Wildman–Crippen MR) is 99.8 cm³/mol. The lowest BCUT2D eigenvalue weighted by Gasteiger charge is -2.30. The van der Waals surface area contributed by atoms with Crippen molar-refractivity contribution in [3.63, 3.8) is 0 Å². The Morgan fingerprint density at radius 3 is 2.73 bits per heavy atom. The minimum atomic E-state index is -0.174. The summed E-state index contributed by atoms with van der Waals surface area (Å²) in [4.78, 5) is 14.7. The van der Waals surface area contributed by atoms with Crippen LogP contribution in [0, 0.1) is 5.92 Å². The first-order chi connectivity index (χ1) is 12.7. The molecule has 1 amide bonds. The van der Waals surface area contributed by atoms with Gasteiger partial charge < -0.3 is 9.84 Å². The Labute approximate surface area is 154 Å². The highest BCUT2D eigenvalue weighted by atomic mass is 16.5. The first kappa shape index (κ1) is 17.3. The van der Waals surface area contributed by atoms with Crippen molar-refractivity contribution >= 4 is 5.91 Å². The molecule has 5 heteroatoms. The number of aromatic nitrogens is 1. The van der Waals surface area contributed by atoms with Crippen LogP contribution in [0.15, 0.2) is 34.9 Å². The Balaban J connectivity index is 1.27. The predicted octanol–water partition coefficient (Wildman–Crippen LogP) is 3.71. The molecule has 138 valence electrons. The van der Waals surface area contributed by atoms with E-state index in [1.807, 2.05) is 0 Å². The van der Waals surface area contributed by atoms with E-state index in [-0.39, 0.29) is 5.91 Å². The molecule has 1 aromatic heterocycles. The quantitative estimate of drug-likeness (QED) is 0.860. The lowest BCUT2D eigenvalue weighted by atomic mass is 9.99. The molecule has 4 rings (SSSR count). The number of piperidine rings is 1. The summed E-state index contributed by atoms with van der Waals surface area (Å²) in [5, 5.41) is 6.81. The normalized spacial score (nSPS) is 20.9. The van der Waals surface area contributed by atoms with Crippen LogP contribution in [0.25, 0.3) is 0 Å². The summed E-state index contributed by atoms with van der Waals surface area (Å²) in [6.45, 7) is 6.24. The van der Waals surface area contributed by atoms with E-state index in [9.17, 15) is 4.79 Å². The summed E-state index contributed by atoms with van der Waals surface area (Å²) in [7, 11) is 0. The zero-order chi connectivity index (χ0) is 17.9. The average molecular weight is 353 g/mol. The van der Waals surface area contributed by atoms with E-state index in [0.29, 0.717) is 18.2 Å². The second-order valence-corrected chi connectivity index (χ2v) is 7.87. The van der Waals surface area contributed by atoms with Crippen LogP contribution in [-0.4, -0.2) is 29.1 Å². The van der Waals surface area contributed by atoms with Crippen molar-refractivity contribution < 1.29 is 9.32 Å². The molecule has 2 fully saturated rings. The van der Waals surface area contributed by atoms with E-state index >= 15 is 0 Å². The Hall–Kier alpha value is -2.14. The molecule has 5 nitrogen and oxygen atoms in total. The summed E-state index contributed by atoms with van der Waals surface area (Å²) in [6, 6.07) is 10.3. The lowest BCUT2D eigenvalue weighted by molar-refractivity contribution is 0.0941. The number of rotatable bonds is 6. The van der Waals surface area contributed by atoms with Gasteiger partial charge in [0.05, 0.1) is 0 Å². The molecule has 1 aliphatic heterocycles. The van der Waals surface area contributed by atoms with Gasteiger partial charge in [-0.05, 0) is 49.3 Å². The summed E-state index contributed by atoms with van der Waals surface area (Å²) in [5.41, 5.74) is 2.81. The Bertz CT molecular complexity index is 749. The van der Waals surface area contributed by atoms with Crippen molar-refractivity contribution in [3.05, 3.63) is 52.9 Å². The zero-order valence-corrected chi connectivity index (χ0v) is 15.4. The number of hydrogen-bond donors (Lipinski definition) is 1. The molecule has 1 saturated carbocycles. The number of hydrogen-bond acceptors (Lipinski definition) is 4. The molecule has 1 N–H and O–H groups in total. The maximum atomic E-state index is 12.2. The third-order valence-electron chi connectivity index (χ3n) is 5.36. The number of nitrogens with zero attached hydrogens (tertiary/aromatic N) is 2. The standard InChI is InChI=1S/C21H27N3O2/c1-15-3-2-10-24(13-15)14-17-6-4-16(5-7-17)12-22-21(25)19-11-20(26-23-19)18-8-9-18/h4-7,11,15,18H,2-3,8-10,12-14H2,1H3,(H,22,25). The van der Waals surface area contributed by atoms with Crippen molar-refractivity contribution in [1.82, 2.24) is 15.4 Å². The molecule has 1 aliphatic carbocycles. The van der Waals surface area contributed by atoms with Gasteiger partial charge in [0.15, 0.2) is 5.69 Å². The topological polar surface area (TPSA) is 58.4 Å². The molecule has 0 radical (unpaired) electrons. The second-order valence-electron chi connectivity index (χ2n) is 7.87. The fraction of sp³-hybridized carbons (Fsp3) is 0.524. The molecule has 1 atom stereocenters. The maximum absolute atomic E-state index is 12.2. The van der Waals surface area contributed by atoms with Crippen LogP contribution in [0.2, 0.25) is 0 Å². The van der Waals surface area contributed by atoms with E-state index in [1.165, 1.54) is 31.5 Å². The first-order valence-corrected chi connectivity index (χ1v) is 9.72. The molecule has 26 heavy (non-hydrogen) atoms. The van der Waals surface area contributed by atoms with Gasteiger partial charge in [-0.15, -0.1) is 0 Å².